The Balaban J connectivity index is 3.10. The Morgan fingerprint density at radius 3 is 2.26 bits per heavy atom. The maximum atomic E-state index is 13.7. The van der Waals surface area contributed by atoms with E-state index in [0.717, 1.165) is 12.1 Å². The fourth-order valence-corrected chi connectivity index (χ4v) is 1.45. The van der Waals surface area contributed by atoms with Gasteiger partial charge in [0, 0.05) is 5.71 Å². The van der Waals surface area contributed by atoms with Crippen molar-refractivity contribution >= 4 is 17.5 Å². The third-order valence-electron chi connectivity index (χ3n) is 2.10. The summed E-state index contributed by atoms with van der Waals surface area (Å²) >= 11 is 0. The van der Waals surface area contributed by atoms with Gasteiger partial charge in [0.05, 0.1) is 11.3 Å². The number of rotatable bonds is 2. The molecule has 1 rings (SSSR count). The van der Waals surface area contributed by atoms with Crippen LogP contribution in [0.3, 0.4) is 0 Å². The van der Waals surface area contributed by atoms with Gasteiger partial charge in [0.2, 0.25) is 0 Å². The molecule has 0 saturated carbocycles. The second-order valence-electron chi connectivity index (χ2n) is 5.03. The molecule has 0 unspecified atom stereocenters. The van der Waals surface area contributed by atoms with Crippen LogP contribution < -0.4 is 5.32 Å². The van der Waals surface area contributed by atoms with Gasteiger partial charge in [-0.2, -0.15) is 0 Å². The Bertz CT molecular complexity index is 522. The van der Waals surface area contributed by atoms with E-state index >= 15 is 0 Å². The van der Waals surface area contributed by atoms with Gasteiger partial charge in [-0.25, -0.2) is 13.6 Å². The smallest absolute Gasteiger partial charge is 0.412 e. The van der Waals surface area contributed by atoms with Gasteiger partial charge in [-0.05, 0) is 39.8 Å². The van der Waals surface area contributed by atoms with Gasteiger partial charge in [0.25, 0.3) is 0 Å². The van der Waals surface area contributed by atoms with E-state index < -0.39 is 23.3 Å². The van der Waals surface area contributed by atoms with Crippen LogP contribution in [0.4, 0.5) is 19.3 Å². The second kappa shape index (κ2) is 5.34. The SMILES string of the molecule is CC(=N)c1c(F)ccc(F)c1NC(=O)OC(C)(C)C. The van der Waals surface area contributed by atoms with E-state index in [1.54, 1.807) is 20.8 Å². The molecule has 0 aromatic heterocycles. The molecule has 6 heteroatoms. The normalized spacial score (nSPS) is 11.1. The van der Waals surface area contributed by atoms with Crippen molar-refractivity contribution < 1.29 is 18.3 Å². The predicted molar refractivity (Wildman–Crippen MR) is 68.7 cm³/mol. The van der Waals surface area contributed by atoms with E-state index in [2.05, 4.69) is 5.32 Å². The molecule has 4 nitrogen and oxygen atoms in total. The van der Waals surface area contributed by atoms with Crippen molar-refractivity contribution in [2.24, 2.45) is 0 Å². The van der Waals surface area contributed by atoms with Gasteiger partial charge in [-0.15, -0.1) is 0 Å². The molecule has 0 radical (unpaired) electrons. The molecule has 0 aliphatic heterocycles. The summed E-state index contributed by atoms with van der Waals surface area (Å²) < 4.78 is 32.2. The van der Waals surface area contributed by atoms with E-state index in [-0.39, 0.29) is 17.0 Å². The fourth-order valence-electron chi connectivity index (χ4n) is 1.45. The van der Waals surface area contributed by atoms with Crippen molar-refractivity contribution in [1.82, 2.24) is 0 Å². The maximum absolute atomic E-state index is 13.7. The van der Waals surface area contributed by atoms with Crippen LogP contribution in [0.1, 0.15) is 33.3 Å². The van der Waals surface area contributed by atoms with Crippen LogP contribution in [0.25, 0.3) is 0 Å². The zero-order valence-corrected chi connectivity index (χ0v) is 11.2. The molecule has 1 amide bonds. The lowest BCUT2D eigenvalue weighted by atomic mass is 10.1. The number of benzene rings is 1. The fraction of sp³-hybridized carbons (Fsp3) is 0.385. The van der Waals surface area contributed by atoms with Crippen LogP contribution in [0, 0.1) is 17.0 Å². The van der Waals surface area contributed by atoms with Crippen LogP contribution in [0.2, 0.25) is 0 Å². The van der Waals surface area contributed by atoms with E-state index in [4.69, 9.17) is 10.1 Å². The van der Waals surface area contributed by atoms with Gasteiger partial charge >= 0.3 is 6.09 Å². The minimum atomic E-state index is -0.903. The van der Waals surface area contributed by atoms with E-state index in [1.165, 1.54) is 6.92 Å². The molecule has 0 fully saturated rings. The number of hydrogen-bond acceptors (Lipinski definition) is 3. The highest BCUT2D eigenvalue weighted by atomic mass is 19.1. The quantitative estimate of drug-likeness (QED) is 0.805. The Morgan fingerprint density at radius 2 is 1.79 bits per heavy atom. The highest BCUT2D eigenvalue weighted by molar-refractivity contribution is 6.04. The van der Waals surface area contributed by atoms with E-state index in [9.17, 15) is 13.6 Å². The third-order valence-corrected chi connectivity index (χ3v) is 2.10. The number of ether oxygens (including phenoxy) is 1. The van der Waals surface area contributed by atoms with E-state index in [0.29, 0.717) is 0 Å². The molecule has 1 aromatic carbocycles. The Labute approximate surface area is 110 Å². The first-order chi connectivity index (χ1) is 8.61. The Kier molecular flexibility index (Phi) is 4.24. The molecule has 19 heavy (non-hydrogen) atoms. The van der Waals surface area contributed by atoms with Crippen LogP contribution in [-0.2, 0) is 4.74 Å². The summed E-state index contributed by atoms with van der Waals surface area (Å²) in [6.45, 7) is 6.25. The molecular formula is C13H16F2N2O2. The number of amides is 1. The first-order valence-corrected chi connectivity index (χ1v) is 5.65. The minimum absolute atomic E-state index is 0.192. The summed E-state index contributed by atoms with van der Waals surface area (Å²) in [6.07, 6.45) is -0.903. The van der Waals surface area contributed by atoms with Gasteiger partial charge in [-0.1, -0.05) is 0 Å². The molecule has 0 aliphatic rings. The lowest BCUT2D eigenvalue weighted by molar-refractivity contribution is 0.0635. The molecular weight excluding hydrogens is 254 g/mol. The first-order valence-electron chi connectivity index (χ1n) is 5.65. The van der Waals surface area contributed by atoms with Crippen molar-refractivity contribution in [2.45, 2.75) is 33.3 Å². The summed E-state index contributed by atoms with van der Waals surface area (Å²) in [5, 5.41) is 9.58. The van der Waals surface area contributed by atoms with Crippen molar-refractivity contribution in [3.05, 3.63) is 29.3 Å². The lowest BCUT2D eigenvalue weighted by Crippen LogP contribution is -2.28. The molecule has 104 valence electrons. The summed E-state index contributed by atoms with van der Waals surface area (Å²) in [5.41, 5.74) is -1.62. The van der Waals surface area contributed by atoms with Gasteiger partial charge in [-0.3, -0.25) is 5.32 Å². The van der Waals surface area contributed by atoms with Crippen LogP contribution in [-0.4, -0.2) is 17.4 Å². The average Bonchev–Trinajstić information content (AvgIpc) is 2.20. The lowest BCUT2D eigenvalue weighted by Gasteiger charge is -2.20. The first kappa shape index (κ1) is 15.1. The molecule has 0 saturated heterocycles. The monoisotopic (exact) mass is 270 g/mol. The van der Waals surface area contributed by atoms with Gasteiger partial charge in [0.15, 0.2) is 0 Å². The molecule has 0 heterocycles. The van der Waals surface area contributed by atoms with Gasteiger partial charge in [0.1, 0.15) is 17.2 Å². The summed E-state index contributed by atoms with van der Waals surface area (Å²) in [4.78, 5) is 11.6. The second-order valence-corrected chi connectivity index (χ2v) is 5.03. The predicted octanol–water partition coefficient (Wildman–Crippen LogP) is 3.70. The number of halogens is 2. The molecule has 0 bridgehead atoms. The topological polar surface area (TPSA) is 62.2 Å². The zero-order valence-electron chi connectivity index (χ0n) is 11.2. The maximum Gasteiger partial charge on any atom is 0.412 e. The van der Waals surface area contributed by atoms with E-state index in [1.807, 2.05) is 0 Å². The molecule has 2 N–H and O–H groups in total. The van der Waals surface area contributed by atoms with Crippen LogP contribution in [0.5, 0.6) is 0 Å². The largest absolute Gasteiger partial charge is 0.444 e. The minimum Gasteiger partial charge on any atom is -0.444 e. The highest BCUT2D eigenvalue weighted by Gasteiger charge is 2.21. The number of hydrogen-bond donors (Lipinski definition) is 2. The van der Waals surface area contributed by atoms with Crippen molar-refractivity contribution in [2.75, 3.05) is 5.32 Å². The van der Waals surface area contributed by atoms with Crippen molar-refractivity contribution in [3.8, 4) is 0 Å². The zero-order chi connectivity index (χ0) is 14.8. The molecule has 0 atom stereocenters. The number of carbonyl (C=O) groups excluding carboxylic acids is 1. The number of anilines is 1. The standard InChI is InChI=1S/C13H16F2N2O2/c1-7(16)10-8(14)5-6-9(15)11(10)17-12(18)19-13(2,3)4/h5-6,16H,1-4H3,(H,17,18). The van der Waals surface area contributed by atoms with Gasteiger partial charge < -0.3 is 10.1 Å². The summed E-state index contributed by atoms with van der Waals surface area (Å²) in [6, 6.07) is 1.79. The molecule has 0 aliphatic carbocycles. The highest BCUT2D eigenvalue weighted by Crippen LogP contribution is 2.24. The van der Waals surface area contributed by atoms with Crippen molar-refractivity contribution in [1.29, 1.82) is 5.41 Å². The van der Waals surface area contributed by atoms with Crippen LogP contribution >= 0.6 is 0 Å². The third kappa shape index (κ3) is 4.01. The average molecular weight is 270 g/mol. The number of carbonyl (C=O) groups is 1. The molecule has 0 spiro atoms. The molecule has 1 aromatic rings. The summed E-state index contributed by atoms with van der Waals surface area (Å²) in [7, 11) is 0. The van der Waals surface area contributed by atoms with Crippen LogP contribution in [0.15, 0.2) is 12.1 Å². The van der Waals surface area contributed by atoms with Crippen molar-refractivity contribution in [3.63, 3.8) is 0 Å². The summed E-state index contributed by atoms with van der Waals surface area (Å²) in [5.74, 6) is -1.60. The Morgan fingerprint density at radius 1 is 1.26 bits per heavy atom. The number of nitrogens with one attached hydrogen (secondary N) is 2. The Hall–Kier alpha value is -1.98.